The molecular weight excluding hydrogens is 257 g/mol. The van der Waals surface area contributed by atoms with Gasteiger partial charge in [0.25, 0.3) is 5.91 Å². The van der Waals surface area contributed by atoms with Gasteiger partial charge in [-0.2, -0.15) is 0 Å². The van der Waals surface area contributed by atoms with E-state index in [1.54, 1.807) is 44.2 Å². The van der Waals surface area contributed by atoms with Gasteiger partial charge in [0.05, 0.1) is 6.10 Å². The summed E-state index contributed by atoms with van der Waals surface area (Å²) in [4.78, 5) is 12.1. The number of hydrogen-bond donors (Lipinski definition) is 2. The van der Waals surface area contributed by atoms with Gasteiger partial charge >= 0.3 is 0 Å². The number of rotatable bonds is 3. The van der Waals surface area contributed by atoms with E-state index in [2.05, 4.69) is 5.32 Å². The highest BCUT2D eigenvalue weighted by atomic mass is 19.1. The molecular formula is C16H16FNO2. The highest BCUT2D eigenvalue weighted by Crippen LogP contribution is 2.18. The van der Waals surface area contributed by atoms with Gasteiger partial charge in [0.2, 0.25) is 0 Å². The molecule has 1 amide bonds. The molecule has 0 aromatic heterocycles. The van der Waals surface area contributed by atoms with E-state index in [4.69, 9.17) is 0 Å². The number of carbonyl (C=O) groups excluding carboxylic acids is 1. The molecule has 3 nitrogen and oxygen atoms in total. The molecule has 0 fully saturated rings. The lowest BCUT2D eigenvalue weighted by atomic mass is 10.1. The van der Waals surface area contributed by atoms with E-state index in [1.165, 1.54) is 12.1 Å². The molecule has 0 spiro atoms. The van der Waals surface area contributed by atoms with Gasteiger partial charge in [-0.05, 0) is 55.3 Å². The highest BCUT2D eigenvalue weighted by molar-refractivity contribution is 6.04. The first-order valence-electron chi connectivity index (χ1n) is 6.32. The molecule has 0 heterocycles. The summed E-state index contributed by atoms with van der Waals surface area (Å²) in [6.07, 6.45) is -0.608. The van der Waals surface area contributed by atoms with Crippen LogP contribution in [0, 0.1) is 12.7 Å². The number of nitrogens with one attached hydrogen (secondary N) is 1. The molecule has 0 aliphatic carbocycles. The number of aliphatic hydroxyl groups is 1. The van der Waals surface area contributed by atoms with E-state index in [-0.39, 0.29) is 11.5 Å². The summed E-state index contributed by atoms with van der Waals surface area (Å²) >= 11 is 0. The largest absolute Gasteiger partial charge is 0.389 e. The van der Waals surface area contributed by atoms with Crippen LogP contribution in [-0.4, -0.2) is 11.0 Å². The highest BCUT2D eigenvalue weighted by Gasteiger charge is 2.09. The Hall–Kier alpha value is -2.20. The van der Waals surface area contributed by atoms with Crippen molar-refractivity contribution in [1.29, 1.82) is 0 Å². The minimum Gasteiger partial charge on any atom is -0.389 e. The zero-order valence-electron chi connectivity index (χ0n) is 11.4. The van der Waals surface area contributed by atoms with Crippen molar-refractivity contribution in [3.05, 3.63) is 65.0 Å². The van der Waals surface area contributed by atoms with Crippen LogP contribution in [-0.2, 0) is 0 Å². The normalized spacial score (nSPS) is 12.0. The Morgan fingerprint density at radius 2 is 2.00 bits per heavy atom. The van der Waals surface area contributed by atoms with Crippen LogP contribution < -0.4 is 5.32 Å². The van der Waals surface area contributed by atoms with Crippen molar-refractivity contribution >= 4 is 11.6 Å². The summed E-state index contributed by atoms with van der Waals surface area (Å²) in [5.41, 5.74) is 2.23. The summed E-state index contributed by atoms with van der Waals surface area (Å²) in [6.45, 7) is 3.38. The van der Waals surface area contributed by atoms with E-state index in [0.717, 1.165) is 0 Å². The lowest BCUT2D eigenvalue weighted by Crippen LogP contribution is -2.12. The standard InChI is InChI=1S/C16H16FNO2/c1-10-6-13(8-14(17)7-10)16(20)18-15-5-3-4-12(9-15)11(2)19/h3-9,11,19H,1-2H3,(H,18,20). The number of amides is 1. The third-order valence-electron chi connectivity index (χ3n) is 2.93. The summed E-state index contributed by atoms with van der Waals surface area (Å²) in [5, 5.41) is 12.2. The lowest BCUT2D eigenvalue weighted by Gasteiger charge is -2.09. The van der Waals surface area contributed by atoms with Crippen LogP contribution in [0.4, 0.5) is 10.1 Å². The molecule has 0 saturated heterocycles. The van der Waals surface area contributed by atoms with E-state index in [1.807, 2.05) is 0 Å². The van der Waals surface area contributed by atoms with Crippen molar-refractivity contribution in [2.75, 3.05) is 5.32 Å². The zero-order valence-corrected chi connectivity index (χ0v) is 11.4. The van der Waals surface area contributed by atoms with Crippen molar-refractivity contribution in [2.24, 2.45) is 0 Å². The molecule has 0 aliphatic rings. The zero-order chi connectivity index (χ0) is 14.7. The van der Waals surface area contributed by atoms with Gasteiger partial charge in [0, 0.05) is 11.3 Å². The third-order valence-corrected chi connectivity index (χ3v) is 2.93. The Morgan fingerprint density at radius 1 is 1.25 bits per heavy atom. The number of carbonyl (C=O) groups is 1. The topological polar surface area (TPSA) is 49.3 Å². The van der Waals surface area contributed by atoms with Crippen molar-refractivity contribution in [1.82, 2.24) is 0 Å². The Bertz CT molecular complexity index is 618. The maximum atomic E-state index is 13.3. The summed E-state index contributed by atoms with van der Waals surface area (Å²) in [6, 6.07) is 11.1. The molecule has 104 valence electrons. The number of halogens is 1. The Kier molecular flexibility index (Phi) is 4.15. The van der Waals surface area contributed by atoms with E-state index >= 15 is 0 Å². The maximum absolute atomic E-state index is 13.3. The van der Waals surface area contributed by atoms with Gasteiger partial charge in [-0.3, -0.25) is 4.79 Å². The number of aliphatic hydroxyl groups excluding tert-OH is 1. The number of hydrogen-bond acceptors (Lipinski definition) is 2. The average molecular weight is 273 g/mol. The first kappa shape index (κ1) is 14.2. The molecule has 0 bridgehead atoms. The minimum absolute atomic E-state index is 0.268. The van der Waals surface area contributed by atoms with Crippen LogP contribution in [0.15, 0.2) is 42.5 Å². The van der Waals surface area contributed by atoms with E-state index < -0.39 is 11.9 Å². The van der Waals surface area contributed by atoms with Gasteiger partial charge < -0.3 is 10.4 Å². The molecule has 0 saturated carbocycles. The van der Waals surface area contributed by atoms with Crippen molar-refractivity contribution in [2.45, 2.75) is 20.0 Å². The summed E-state index contributed by atoms with van der Waals surface area (Å²) in [7, 11) is 0. The van der Waals surface area contributed by atoms with Crippen LogP contribution in [0.1, 0.15) is 34.5 Å². The Balaban J connectivity index is 2.21. The molecule has 20 heavy (non-hydrogen) atoms. The molecule has 0 aliphatic heterocycles. The predicted molar refractivity (Wildman–Crippen MR) is 76.2 cm³/mol. The van der Waals surface area contributed by atoms with E-state index in [9.17, 15) is 14.3 Å². The molecule has 1 unspecified atom stereocenters. The molecule has 1 atom stereocenters. The van der Waals surface area contributed by atoms with Crippen LogP contribution in [0.3, 0.4) is 0 Å². The fraction of sp³-hybridized carbons (Fsp3) is 0.188. The first-order valence-corrected chi connectivity index (χ1v) is 6.32. The Labute approximate surface area is 117 Å². The summed E-state index contributed by atoms with van der Waals surface area (Å²) < 4.78 is 13.3. The maximum Gasteiger partial charge on any atom is 0.255 e. The molecule has 2 aromatic carbocycles. The SMILES string of the molecule is Cc1cc(F)cc(C(=O)Nc2cccc(C(C)O)c2)c1. The summed E-state index contributed by atoms with van der Waals surface area (Å²) in [5.74, 6) is -0.816. The van der Waals surface area contributed by atoms with Gasteiger partial charge in [-0.15, -0.1) is 0 Å². The van der Waals surface area contributed by atoms with Gasteiger partial charge in [0.15, 0.2) is 0 Å². The van der Waals surface area contributed by atoms with Crippen molar-refractivity contribution in [3.63, 3.8) is 0 Å². The Morgan fingerprint density at radius 3 is 2.65 bits per heavy atom. The van der Waals surface area contributed by atoms with Crippen LogP contribution in [0.5, 0.6) is 0 Å². The first-order chi connectivity index (χ1) is 9.45. The lowest BCUT2D eigenvalue weighted by molar-refractivity contribution is 0.102. The quantitative estimate of drug-likeness (QED) is 0.900. The van der Waals surface area contributed by atoms with Crippen LogP contribution >= 0.6 is 0 Å². The van der Waals surface area contributed by atoms with Gasteiger partial charge in [-0.25, -0.2) is 4.39 Å². The number of benzene rings is 2. The minimum atomic E-state index is -0.608. The second-order valence-corrected chi connectivity index (χ2v) is 4.77. The predicted octanol–water partition coefficient (Wildman–Crippen LogP) is 3.44. The third kappa shape index (κ3) is 3.42. The van der Waals surface area contributed by atoms with Crippen LogP contribution in [0.25, 0.3) is 0 Å². The molecule has 2 N–H and O–H groups in total. The second-order valence-electron chi connectivity index (χ2n) is 4.77. The van der Waals surface area contributed by atoms with Gasteiger partial charge in [0.1, 0.15) is 5.82 Å². The fourth-order valence-corrected chi connectivity index (χ4v) is 1.95. The molecule has 2 aromatic rings. The monoisotopic (exact) mass is 273 g/mol. The van der Waals surface area contributed by atoms with Crippen LogP contribution in [0.2, 0.25) is 0 Å². The van der Waals surface area contributed by atoms with Gasteiger partial charge in [-0.1, -0.05) is 12.1 Å². The molecule has 2 rings (SSSR count). The van der Waals surface area contributed by atoms with Crippen molar-refractivity contribution in [3.8, 4) is 0 Å². The number of aryl methyl sites for hydroxylation is 1. The van der Waals surface area contributed by atoms with Crippen molar-refractivity contribution < 1.29 is 14.3 Å². The average Bonchev–Trinajstić information content (AvgIpc) is 2.37. The molecule has 0 radical (unpaired) electrons. The second kappa shape index (κ2) is 5.84. The smallest absolute Gasteiger partial charge is 0.255 e. The fourth-order valence-electron chi connectivity index (χ4n) is 1.95. The van der Waals surface area contributed by atoms with E-state index in [0.29, 0.717) is 16.8 Å². The number of anilines is 1. The molecule has 4 heteroatoms.